The molecule has 1 atom stereocenters. The Balaban J connectivity index is 1.70. The highest BCUT2D eigenvalue weighted by Crippen LogP contribution is 2.37. The molecular formula is C17H17ClN2OS2. The summed E-state index contributed by atoms with van der Waals surface area (Å²) in [5.41, 5.74) is 2.11. The van der Waals surface area contributed by atoms with E-state index in [-0.39, 0.29) is 6.04 Å². The molecule has 0 amide bonds. The molecule has 0 radical (unpaired) electrons. The van der Waals surface area contributed by atoms with E-state index in [0.29, 0.717) is 5.11 Å². The molecule has 2 aromatic carbocycles. The largest absolute Gasteiger partial charge is 0.497 e. The van der Waals surface area contributed by atoms with Crippen molar-refractivity contribution >= 4 is 46.4 Å². The van der Waals surface area contributed by atoms with E-state index in [1.165, 1.54) is 10.5 Å². The summed E-state index contributed by atoms with van der Waals surface area (Å²) in [5, 5.41) is 7.96. The number of ether oxygens (including phenoxy) is 1. The molecule has 2 N–H and O–H groups in total. The van der Waals surface area contributed by atoms with E-state index in [9.17, 15) is 0 Å². The zero-order valence-electron chi connectivity index (χ0n) is 12.6. The van der Waals surface area contributed by atoms with Gasteiger partial charge in [0.05, 0.1) is 13.2 Å². The fourth-order valence-electron chi connectivity index (χ4n) is 2.54. The molecule has 1 aliphatic heterocycles. The van der Waals surface area contributed by atoms with Gasteiger partial charge in [-0.15, -0.1) is 11.8 Å². The fraction of sp³-hybridized carbons (Fsp3) is 0.235. The summed E-state index contributed by atoms with van der Waals surface area (Å²) in [6, 6.07) is 13.9. The Morgan fingerprint density at radius 3 is 3.00 bits per heavy atom. The normalized spacial score (nSPS) is 16.3. The predicted octanol–water partition coefficient (Wildman–Crippen LogP) is 4.87. The first-order chi connectivity index (χ1) is 11.2. The zero-order chi connectivity index (χ0) is 16.2. The van der Waals surface area contributed by atoms with Crippen LogP contribution in [0.25, 0.3) is 0 Å². The van der Waals surface area contributed by atoms with Crippen LogP contribution in [0.5, 0.6) is 5.75 Å². The number of rotatable bonds is 3. The number of nitrogens with one attached hydrogen (secondary N) is 2. The third-order valence-electron chi connectivity index (χ3n) is 3.64. The van der Waals surface area contributed by atoms with E-state index in [0.717, 1.165) is 28.6 Å². The maximum absolute atomic E-state index is 6.14. The Hall–Kier alpha value is -1.43. The molecule has 0 aliphatic carbocycles. The molecule has 0 aromatic heterocycles. The third kappa shape index (κ3) is 4.10. The van der Waals surface area contributed by atoms with Crippen molar-refractivity contribution in [1.82, 2.24) is 5.32 Å². The molecule has 0 unspecified atom stereocenters. The van der Waals surface area contributed by atoms with Gasteiger partial charge in [-0.3, -0.25) is 0 Å². The van der Waals surface area contributed by atoms with Crippen LogP contribution in [0.2, 0.25) is 5.02 Å². The van der Waals surface area contributed by atoms with Crippen LogP contribution in [-0.4, -0.2) is 18.0 Å². The van der Waals surface area contributed by atoms with Gasteiger partial charge in [0.1, 0.15) is 5.75 Å². The van der Waals surface area contributed by atoms with Crippen molar-refractivity contribution < 1.29 is 4.74 Å². The summed E-state index contributed by atoms with van der Waals surface area (Å²) in [4.78, 5) is 1.27. The lowest BCUT2D eigenvalue weighted by Crippen LogP contribution is -2.33. The minimum absolute atomic E-state index is 0.176. The number of methoxy groups -OCH3 is 1. The van der Waals surface area contributed by atoms with E-state index in [2.05, 4.69) is 16.7 Å². The van der Waals surface area contributed by atoms with Crippen molar-refractivity contribution in [2.24, 2.45) is 0 Å². The van der Waals surface area contributed by atoms with Gasteiger partial charge in [0.2, 0.25) is 0 Å². The fourth-order valence-corrected chi connectivity index (χ4v) is 4.09. The molecule has 1 heterocycles. The molecule has 0 spiro atoms. The second-order valence-electron chi connectivity index (χ2n) is 5.20. The van der Waals surface area contributed by atoms with Crippen LogP contribution in [0.4, 0.5) is 5.69 Å². The Labute approximate surface area is 150 Å². The van der Waals surface area contributed by atoms with E-state index in [1.54, 1.807) is 7.11 Å². The van der Waals surface area contributed by atoms with Crippen molar-refractivity contribution in [3.63, 3.8) is 0 Å². The first-order valence-electron chi connectivity index (χ1n) is 7.29. The quantitative estimate of drug-likeness (QED) is 0.759. The molecule has 3 nitrogen and oxygen atoms in total. The van der Waals surface area contributed by atoms with Crippen LogP contribution < -0.4 is 15.4 Å². The van der Waals surface area contributed by atoms with Crippen LogP contribution in [0.1, 0.15) is 18.0 Å². The lowest BCUT2D eigenvalue weighted by Gasteiger charge is -2.27. The van der Waals surface area contributed by atoms with Crippen molar-refractivity contribution in [2.75, 3.05) is 18.2 Å². The lowest BCUT2D eigenvalue weighted by molar-refractivity contribution is 0.415. The van der Waals surface area contributed by atoms with Crippen LogP contribution in [-0.2, 0) is 0 Å². The lowest BCUT2D eigenvalue weighted by atomic mass is 10.0. The Morgan fingerprint density at radius 2 is 2.17 bits per heavy atom. The average Bonchev–Trinajstić information content (AvgIpc) is 2.55. The minimum Gasteiger partial charge on any atom is -0.497 e. The molecule has 0 fully saturated rings. The zero-order valence-corrected chi connectivity index (χ0v) is 15.0. The molecule has 120 valence electrons. The summed E-state index contributed by atoms with van der Waals surface area (Å²) in [5.74, 6) is 1.86. The van der Waals surface area contributed by atoms with Crippen molar-refractivity contribution in [2.45, 2.75) is 17.4 Å². The van der Waals surface area contributed by atoms with Gasteiger partial charge in [0.25, 0.3) is 0 Å². The van der Waals surface area contributed by atoms with E-state index < -0.39 is 0 Å². The standard InChI is InChI=1S/C17H17ClN2OS2/c1-21-13-4-2-3-12(10-13)19-17(22)20-15-7-8-23-16-6-5-11(18)9-14(15)16/h2-6,9-10,15H,7-8H2,1H3,(H2,19,20,22)/t15-/m0/s1. The molecule has 2 aromatic rings. The smallest absolute Gasteiger partial charge is 0.171 e. The number of anilines is 1. The molecular weight excluding hydrogens is 348 g/mol. The van der Waals surface area contributed by atoms with Gasteiger partial charge in [0.15, 0.2) is 5.11 Å². The molecule has 0 bridgehead atoms. The number of hydrogen-bond acceptors (Lipinski definition) is 3. The minimum atomic E-state index is 0.176. The predicted molar refractivity (Wildman–Crippen MR) is 102 cm³/mol. The van der Waals surface area contributed by atoms with Crippen molar-refractivity contribution in [3.8, 4) is 5.75 Å². The topological polar surface area (TPSA) is 33.3 Å². The second kappa shape index (κ2) is 7.43. The molecule has 0 saturated heterocycles. The van der Waals surface area contributed by atoms with Crippen molar-refractivity contribution in [3.05, 3.63) is 53.1 Å². The number of fused-ring (bicyclic) bond motifs is 1. The maximum atomic E-state index is 6.14. The molecule has 6 heteroatoms. The van der Waals surface area contributed by atoms with Gasteiger partial charge in [-0.05, 0) is 54.5 Å². The molecule has 0 saturated carbocycles. The van der Waals surface area contributed by atoms with Gasteiger partial charge in [-0.1, -0.05) is 17.7 Å². The van der Waals surface area contributed by atoms with E-state index >= 15 is 0 Å². The Kier molecular flexibility index (Phi) is 5.30. The van der Waals surface area contributed by atoms with E-state index in [4.69, 9.17) is 28.6 Å². The highest BCUT2D eigenvalue weighted by atomic mass is 35.5. The van der Waals surface area contributed by atoms with Crippen LogP contribution in [0.15, 0.2) is 47.4 Å². The van der Waals surface area contributed by atoms with Crippen LogP contribution in [0, 0.1) is 0 Å². The van der Waals surface area contributed by atoms with Gasteiger partial charge in [-0.25, -0.2) is 0 Å². The summed E-state index contributed by atoms with van der Waals surface area (Å²) in [7, 11) is 1.65. The van der Waals surface area contributed by atoms with Gasteiger partial charge in [0, 0.05) is 27.4 Å². The maximum Gasteiger partial charge on any atom is 0.171 e. The Bertz CT molecular complexity index is 723. The molecule has 1 aliphatic rings. The summed E-state index contributed by atoms with van der Waals surface area (Å²) in [6.07, 6.45) is 1.01. The first-order valence-corrected chi connectivity index (χ1v) is 9.07. The van der Waals surface area contributed by atoms with Crippen molar-refractivity contribution in [1.29, 1.82) is 0 Å². The number of thioether (sulfide) groups is 1. The monoisotopic (exact) mass is 364 g/mol. The highest BCUT2D eigenvalue weighted by Gasteiger charge is 2.21. The summed E-state index contributed by atoms with van der Waals surface area (Å²) >= 11 is 13.5. The average molecular weight is 365 g/mol. The van der Waals surface area contributed by atoms with Gasteiger partial charge in [-0.2, -0.15) is 0 Å². The summed E-state index contributed by atoms with van der Waals surface area (Å²) < 4.78 is 5.22. The van der Waals surface area contributed by atoms with Gasteiger partial charge >= 0.3 is 0 Å². The first kappa shape index (κ1) is 16.4. The second-order valence-corrected chi connectivity index (χ2v) is 7.18. The number of benzene rings is 2. The van der Waals surface area contributed by atoms with Gasteiger partial charge < -0.3 is 15.4 Å². The Morgan fingerprint density at radius 1 is 1.30 bits per heavy atom. The SMILES string of the molecule is COc1cccc(NC(=S)N[C@H]2CCSc3ccc(Cl)cc32)c1. The van der Waals surface area contributed by atoms with E-state index in [1.807, 2.05) is 48.2 Å². The molecule has 3 rings (SSSR count). The van der Waals surface area contributed by atoms with Crippen LogP contribution >= 0.6 is 35.6 Å². The number of thiocarbonyl (C=S) groups is 1. The third-order valence-corrected chi connectivity index (χ3v) is 5.22. The molecule has 23 heavy (non-hydrogen) atoms. The number of halogens is 1. The van der Waals surface area contributed by atoms with Crippen LogP contribution in [0.3, 0.4) is 0 Å². The highest BCUT2D eigenvalue weighted by molar-refractivity contribution is 7.99. The number of hydrogen-bond donors (Lipinski definition) is 2. The summed E-state index contributed by atoms with van der Waals surface area (Å²) in [6.45, 7) is 0.